The third-order valence-corrected chi connectivity index (χ3v) is 3.99. The van der Waals surface area contributed by atoms with E-state index in [1.54, 1.807) is 14.2 Å². The Bertz CT molecular complexity index is 392. The molecule has 0 aliphatic carbocycles. The average Bonchev–Trinajstić information content (AvgIpc) is 2.40. The molecular formula is C15H23NO2. The molecule has 1 saturated heterocycles. The maximum Gasteiger partial charge on any atom is 0.121 e. The Kier molecular flexibility index (Phi) is 4.25. The van der Waals surface area contributed by atoms with Crippen molar-refractivity contribution >= 4 is 0 Å². The third-order valence-electron chi connectivity index (χ3n) is 3.99. The largest absolute Gasteiger partial charge is 0.496 e. The third kappa shape index (κ3) is 2.52. The number of nitrogens with one attached hydrogen (secondary N) is 1. The fourth-order valence-corrected chi connectivity index (χ4v) is 2.91. The van der Waals surface area contributed by atoms with Gasteiger partial charge in [0.15, 0.2) is 0 Å². The number of aryl methyl sites for hydroxylation is 1. The van der Waals surface area contributed by atoms with Crippen LogP contribution in [0.15, 0.2) is 18.2 Å². The first-order valence-electron chi connectivity index (χ1n) is 6.57. The molecule has 0 atom stereocenters. The standard InChI is InChI=1S/C15H23NO2/c1-12-10-13(4-5-14(12)18-3)15(11-17-2)6-8-16-9-7-15/h4-5,10,16H,6-9,11H2,1-3H3. The van der Waals surface area contributed by atoms with Gasteiger partial charge in [0, 0.05) is 12.5 Å². The molecule has 1 fully saturated rings. The summed E-state index contributed by atoms with van der Waals surface area (Å²) < 4.78 is 10.8. The summed E-state index contributed by atoms with van der Waals surface area (Å²) >= 11 is 0. The zero-order valence-electron chi connectivity index (χ0n) is 11.6. The fourth-order valence-electron chi connectivity index (χ4n) is 2.91. The van der Waals surface area contributed by atoms with Gasteiger partial charge in [-0.25, -0.2) is 0 Å². The van der Waals surface area contributed by atoms with Crippen molar-refractivity contribution in [1.82, 2.24) is 5.32 Å². The molecule has 18 heavy (non-hydrogen) atoms. The van der Waals surface area contributed by atoms with Gasteiger partial charge >= 0.3 is 0 Å². The van der Waals surface area contributed by atoms with E-state index in [1.807, 2.05) is 0 Å². The van der Waals surface area contributed by atoms with Crippen molar-refractivity contribution in [3.05, 3.63) is 29.3 Å². The van der Waals surface area contributed by atoms with Gasteiger partial charge in [0.05, 0.1) is 13.7 Å². The van der Waals surface area contributed by atoms with Crippen LogP contribution in [0.2, 0.25) is 0 Å². The molecule has 100 valence electrons. The van der Waals surface area contributed by atoms with Crippen molar-refractivity contribution in [2.75, 3.05) is 33.9 Å². The van der Waals surface area contributed by atoms with Crippen LogP contribution in [-0.2, 0) is 10.2 Å². The van der Waals surface area contributed by atoms with Crippen LogP contribution in [0.5, 0.6) is 5.75 Å². The average molecular weight is 249 g/mol. The lowest BCUT2D eigenvalue weighted by Gasteiger charge is -2.38. The molecule has 0 amide bonds. The minimum atomic E-state index is 0.164. The topological polar surface area (TPSA) is 30.5 Å². The molecule has 1 aliphatic rings. The van der Waals surface area contributed by atoms with Crippen LogP contribution in [0.25, 0.3) is 0 Å². The molecule has 0 aromatic heterocycles. The SMILES string of the molecule is COCC1(c2ccc(OC)c(C)c2)CCNCC1. The number of rotatable bonds is 4. The second-order valence-corrected chi connectivity index (χ2v) is 5.15. The van der Waals surface area contributed by atoms with Gasteiger partial charge in [-0.1, -0.05) is 12.1 Å². The maximum absolute atomic E-state index is 5.48. The molecule has 0 radical (unpaired) electrons. The summed E-state index contributed by atoms with van der Waals surface area (Å²) in [6.07, 6.45) is 2.26. The quantitative estimate of drug-likeness (QED) is 0.888. The van der Waals surface area contributed by atoms with E-state index in [0.29, 0.717) is 0 Å². The van der Waals surface area contributed by atoms with E-state index in [0.717, 1.165) is 38.3 Å². The summed E-state index contributed by atoms with van der Waals surface area (Å²) in [5.41, 5.74) is 2.74. The minimum absolute atomic E-state index is 0.164. The predicted molar refractivity (Wildman–Crippen MR) is 73.4 cm³/mol. The lowest BCUT2D eigenvalue weighted by molar-refractivity contribution is 0.108. The van der Waals surface area contributed by atoms with Gasteiger partial charge in [0.2, 0.25) is 0 Å². The predicted octanol–water partition coefficient (Wildman–Crippen LogP) is 2.27. The number of benzene rings is 1. The van der Waals surface area contributed by atoms with Crippen molar-refractivity contribution in [2.45, 2.75) is 25.2 Å². The summed E-state index contributed by atoms with van der Waals surface area (Å²) in [5.74, 6) is 0.959. The first-order chi connectivity index (χ1) is 8.72. The molecule has 0 unspecified atom stereocenters. The second kappa shape index (κ2) is 5.72. The van der Waals surface area contributed by atoms with Gasteiger partial charge in [-0.05, 0) is 50.0 Å². The van der Waals surface area contributed by atoms with E-state index < -0.39 is 0 Å². The summed E-state index contributed by atoms with van der Waals surface area (Å²) in [6.45, 7) is 5.02. The van der Waals surface area contributed by atoms with Crippen molar-refractivity contribution in [1.29, 1.82) is 0 Å². The zero-order valence-corrected chi connectivity index (χ0v) is 11.6. The second-order valence-electron chi connectivity index (χ2n) is 5.15. The highest BCUT2D eigenvalue weighted by Crippen LogP contribution is 2.35. The highest BCUT2D eigenvalue weighted by molar-refractivity contribution is 5.40. The van der Waals surface area contributed by atoms with Crippen LogP contribution >= 0.6 is 0 Å². The maximum atomic E-state index is 5.48. The van der Waals surface area contributed by atoms with Crippen LogP contribution in [0, 0.1) is 6.92 Å². The molecular weight excluding hydrogens is 226 g/mol. The molecule has 3 heteroatoms. The summed E-state index contributed by atoms with van der Waals surface area (Å²) in [4.78, 5) is 0. The molecule has 0 saturated carbocycles. The van der Waals surface area contributed by atoms with Crippen molar-refractivity contribution < 1.29 is 9.47 Å². The first kappa shape index (κ1) is 13.4. The van der Waals surface area contributed by atoms with E-state index >= 15 is 0 Å². The normalized spacial score (nSPS) is 18.6. The van der Waals surface area contributed by atoms with E-state index in [9.17, 15) is 0 Å². The molecule has 1 N–H and O–H groups in total. The lowest BCUT2D eigenvalue weighted by Crippen LogP contribution is -2.43. The molecule has 1 aromatic carbocycles. The zero-order chi connectivity index (χ0) is 13.0. The fraction of sp³-hybridized carbons (Fsp3) is 0.600. The first-order valence-corrected chi connectivity index (χ1v) is 6.57. The van der Waals surface area contributed by atoms with Crippen LogP contribution in [-0.4, -0.2) is 33.9 Å². The van der Waals surface area contributed by atoms with Crippen LogP contribution in [0.4, 0.5) is 0 Å². The molecule has 0 bridgehead atoms. The van der Waals surface area contributed by atoms with Crippen molar-refractivity contribution in [3.8, 4) is 5.75 Å². The van der Waals surface area contributed by atoms with Crippen molar-refractivity contribution in [2.24, 2.45) is 0 Å². The Hall–Kier alpha value is -1.06. The minimum Gasteiger partial charge on any atom is -0.496 e. The Balaban J connectivity index is 2.33. The lowest BCUT2D eigenvalue weighted by atomic mass is 9.73. The monoisotopic (exact) mass is 249 g/mol. The summed E-state index contributed by atoms with van der Waals surface area (Å²) in [6, 6.07) is 6.52. The van der Waals surface area contributed by atoms with Crippen LogP contribution in [0.3, 0.4) is 0 Å². The van der Waals surface area contributed by atoms with Gasteiger partial charge in [-0.15, -0.1) is 0 Å². The van der Waals surface area contributed by atoms with E-state index in [1.165, 1.54) is 11.1 Å². The Labute approximate surface area is 109 Å². The molecule has 0 spiro atoms. The number of methoxy groups -OCH3 is 2. The Morgan fingerprint density at radius 2 is 1.94 bits per heavy atom. The van der Waals surface area contributed by atoms with Gasteiger partial charge in [0.1, 0.15) is 5.75 Å². The van der Waals surface area contributed by atoms with E-state index in [2.05, 4.69) is 30.4 Å². The highest BCUT2D eigenvalue weighted by Gasteiger charge is 2.34. The molecule has 1 heterocycles. The molecule has 1 aromatic rings. The van der Waals surface area contributed by atoms with Gasteiger partial charge in [-0.3, -0.25) is 0 Å². The summed E-state index contributed by atoms with van der Waals surface area (Å²) in [7, 11) is 3.51. The van der Waals surface area contributed by atoms with Gasteiger partial charge in [-0.2, -0.15) is 0 Å². The smallest absolute Gasteiger partial charge is 0.121 e. The highest BCUT2D eigenvalue weighted by atomic mass is 16.5. The Morgan fingerprint density at radius 3 is 2.50 bits per heavy atom. The summed E-state index contributed by atoms with van der Waals surface area (Å²) in [5, 5.41) is 3.42. The van der Waals surface area contributed by atoms with Gasteiger partial charge in [0.25, 0.3) is 0 Å². The number of piperidine rings is 1. The van der Waals surface area contributed by atoms with Crippen LogP contribution < -0.4 is 10.1 Å². The number of ether oxygens (including phenoxy) is 2. The number of hydrogen-bond donors (Lipinski definition) is 1. The van der Waals surface area contributed by atoms with E-state index in [4.69, 9.17) is 9.47 Å². The van der Waals surface area contributed by atoms with Crippen molar-refractivity contribution in [3.63, 3.8) is 0 Å². The molecule has 1 aliphatic heterocycles. The van der Waals surface area contributed by atoms with E-state index in [-0.39, 0.29) is 5.41 Å². The van der Waals surface area contributed by atoms with Gasteiger partial charge < -0.3 is 14.8 Å². The van der Waals surface area contributed by atoms with Crippen LogP contribution in [0.1, 0.15) is 24.0 Å². The Morgan fingerprint density at radius 1 is 1.22 bits per heavy atom. The molecule has 3 nitrogen and oxygen atoms in total. The number of hydrogen-bond acceptors (Lipinski definition) is 3. The molecule has 2 rings (SSSR count).